The molecule has 2 N–H and O–H groups in total. The molecule has 0 aromatic heterocycles. The Hall–Kier alpha value is -0.120. The van der Waals surface area contributed by atoms with Gasteiger partial charge in [-0.2, -0.15) is 0 Å². The van der Waals surface area contributed by atoms with Crippen molar-refractivity contribution in [3.8, 4) is 0 Å². The molecule has 0 amide bonds. The average Bonchev–Trinajstić information content (AvgIpc) is 2.18. The quantitative estimate of drug-likeness (QED) is 0.631. The molecule has 1 unspecified atom stereocenters. The van der Waals surface area contributed by atoms with Crippen LogP contribution in [0.3, 0.4) is 0 Å². The summed E-state index contributed by atoms with van der Waals surface area (Å²) in [6.45, 7) is 9.47. The summed E-state index contributed by atoms with van der Waals surface area (Å²) in [7, 11) is 0. The Balaban J connectivity index is 2.03. The van der Waals surface area contributed by atoms with Crippen LogP contribution in [-0.2, 0) is 4.74 Å². The molecule has 14 heavy (non-hydrogen) atoms. The van der Waals surface area contributed by atoms with Crippen LogP contribution in [0.4, 0.5) is 0 Å². The molecular weight excluding hydrogens is 176 g/mol. The smallest absolute Gasteiger partial charge is 0.0645 e. The first-order chi connectivity index (χ1) is 6.77. The molecule has 1 rings (SSSR count). The summed E-state index contributed by atoms with van der Waals surface area (Å²) in [5, 5.41) is 6.96. The van der Waals surface area contributed by atoms with Gasteiger partial charge in [0, 0.05) is 25.2 Å². The molecule has 0 aromatic rings. The van der Waals surface area contributed by atoms with Gasteiger partial charge >= 0.3 is 0 Å². The second kappa shape index (κ2) is 6.38. The fourth-order valence-electron chi connectivity index (χ4n) is 1.83. The summed E-state index contributed by atoms with van der Waals surface area (Å²) in [5.74, 6) is 0. The van der Waals surface area contributed by atoms with E-state index in [4.69, 9.17) is 4.74 Å². The van der Waals surface area contributed by atoms with Crippen molar-refractivity contribution in [3.05, 3.63) is 0 Å². The zero-order chi connectivity index (χ0) is 10.3. The van der Waals surface area contributed by atoms with Gasteiger partial charge in [0.25, 0.3) is 0 Å². The summed E-state index contributed by atoms with van der Waals surface area (Å²) < 4.78 is 5.48. The highest BCUT2D eigenvalue weighted by atomic mass is 16.5. The molecule has 0 bridgehead atoms. The molecule has 0 spiro atoms. The molecule has 1 aliphatic rings. The molecule has 0 aliphatic carbocycles. The van der Waals surface area contributed by atoms with E-state index in [1.807, 2.05) is 0 Å². The molecule has 1 fully saturated rings. The molecule has 3 heteroatoms. The third-order valence-corrected chi connectivity index (χ3v) is 2.72. The topological polar surface area (TPSA) is 33.3 Å². The standard InChI is InChI=1S/C11H24N2O/c1-3-6-12-7-8-13-11(2)5-4-9-14-10-11/h12-13H,3-10H2,1-2H3. The van der Waals surface area contributed by atoms with Crippen LogP contribution in [0, 0.1) is 0 Å². The predicted octanol–water partition coefficient (Wildman–Crippen LogP) is 1.14. The number of ether oxygens (including phenoxy) is 1. The highest BCUT2D eigenvalue weighted by molar-refractivity contribution is 4.85. The Kier molecular flexibility index (Phi) is 5.45. The van der Waals surface area contributed by atoms with E-state index < -0.39 is 0 Å². The molecule has 0 saturated carbocycles. The SMILES string of the molecule is CCCNCCNC1(C)CCCOC1. The number of hydrogen-bond acceptors (Lipinski definition) is 3. The number of rotatable bonds is 6. The van der Waals surface area contributed by atoms with E-state index in [9.17, 15) is 0 Å². The third kappa shape index (κ3) is 4.40. The van der Waals surface area contributed by atoms with Gasteiger partial charge in [-0.1, -0.05) is 6.92 Å². The molecule has 0 aromatic carbocycles. The van der Waals surface area contributed by atoms with Crippen molar-refractivity contribution in [2.24, 2.45) is 0 Å². The number of hydrogen-bond donors (Lipinski definition) is 2. The second-order valence-corrected chi connectivity index (χ2v) is 4.39. The van der Waals surface area contributed by atoms with Crippen LogP contribution in [0.2, 0.25) is 0 Å². The first kappa shape index (κ1) is 12.0. The van der Waals surface area contributed by atoms with Gasteiger partial charge < -0.3 is 15.4 Å². The van der Waals surface area contributed by atoms with E-state index in [-0.39, 0.29) is 5.54 Å². The predicted molar refractivity (Wildman–Crippen MR) is 59.6 cm³/mol. The second-order valence-electron chi connectivity index (χ2n) is 4.39. The molecule has 1 aliphatic heterocycles. The largest absolute Gasteiger partial charge is 0.380 e. The molecule has 0 radical (unpaired) electrons. The van der Waals surface area contributed by atoms with Crippen LogP contribution in [0.1, 0.15) is 33.1 Å². The van der Waals surface area contributed by atoms with Crippen molar-refractivity contribution in [3.63, 3.8) is 0 Å². The summed E-state index contributed by atoms with van der Waals surface area (Å²) in [4.78, 5) is 0. The summed E-state index contributed by atoms with van der Waals surface area (Å²) in [6.07, 6.45) is 3.63. The minimum Gasteiger partial charge on any atom is -0.380 e. The maximum Gasteiger partial charge on any atom is 0.0645 e. The fraction of sp³-hybridized carbons (Fsp3) is 1.00. The Morgan fingerprint density at radius 3 is 2.79 bits per heavy atom. The summed E-state index contributed by atoms with van der Waals surface area (Å²) >= 11 is 0. The maximum absolute atomic E-state index is 5.48. The summed E-state index contributed by atoms with van der Waals surface area (Å²) in [5.41, 5.74) is 0.214. The Labute approximate surface area is 87.6 Å². The molecule has 1 atom stereocenters. The molecule has 1 heterocycles. The third-order valence-electron chi connectivity index (χ3n) is 2.72. The van der Waals surface area contributed by atoms with Gasteiger partial charge in [0.1, 0.15) is 0 Å². The van der Waals surface area contributed by atoms with Crippen molar-refractivity contribution in [2.45, 2.75) is 38.6 Å². The van der Waals surface area contributed by atoms with E-state index >= 15 is 0 Å². The van der Waals surface area contributed by atoms with E-state index in [1.165, 1.54) is 19.3 Å². The van der Waals surface area contributed by atoms with Crippen molar-refractivity contribution in [1.82, 2.24) is 10.6 Å². The lowest BCUT2D eigenvalue weighted by Gasteiger charge is -2.34. The van der Waals surface area contributed by atoms with Gasteiger partial charge in [0.05, 0.1) is 6.61 Å². The lowest BCUT2D eigenvalue weighted by atomic mass is 9.95. The molecule has 1 saturated heterocycles. The summed E-state index contributed by atoms with van der Waals surface area (Å²) in [6, 6.07) is 0. The van der Waals surface area contributed by atoms with E-state index in [1.54, 1.807) is 0 Å². The van der Waals surface area contributed by atoms with Gasteiger partial charge in [0.15, 0.2) is 0 Å². The Morgan fingerprint density at radius 2 is 2.14 bits per heavy atom. The van der Waals surface area contributed by atoms with E-state index in [0.29, 0.717) is 0 Å². The van der Waals surface area contributed by atoms with Gasteiger partial charge in [-0.25, -0.2) is 0 Å². The zero-order valence-electron chi connectivity index (χ0n) is 9.57. The molecular formula is C11H24N2O. The van der Waals surface area contributed by atoms with Crippen molar-refractivity contribution in [2.75, 3.05) is 32.8 Å². The van der Waals surface area contributed by atoms with Crippen molar-refractivity contribution in [1.29, 1.82) is 0 Å². The van der Waals surface area contributed by atoms with Gasteiger partial charge in [-0.3, -0.25) is 0 Å². The Bertz CT molecular complexity index is 144. The monoisotopic (exact) mass is 200 g/mol. The van der Waals surface area contributed by atoms with Crippen LogP contribution in [-0.4, -0.2) is 38.4 Å². The highest BCUT2D eigenvalue weighted by Gasteiger charge is 2.26. The van der Waals surface area contributed by atoms with Gasteiger partial charge in [0.2, 0.25) is 0 Å². The van der Waals surface area contributed by atoms with Crippen molar-refractivity contribution >= 4 is 0 Å². The Morgan fingerprint density at radius 1 is 1.29 bits per heavy atom. The van der Waals surface area contributed by atoms with E-state index in [2.05, 4.69) is 24.5 Å². The number of nitrogens with one attached hydrogen (secondary N) is 2. The van der Waals surface area contributed by atoms with Crippen LogP contribution < -0.4 is 10.6 Å². The minimum atomic E-state index is 0.214. The highest BCUT2D eigenvalue weighted by Crippen LogP contribution is 2.17. The van der Waals surface area contributed by atoms with Gasteiger partial charge in [-0.05, 0) is 32.7 Å². The van der Waals surface area contributed by atoms with Gasteiger partial charge in [-0.15, -0.1) is 0 Å². The van der Waals surface area contributed by atoms with Crippen molar-refractivity contribution < 1.29 is 4.74 Å². The lowest BCUT2D eigenvalue weighted by molar-refractivity contribution is 0.0289. The van der Waals surface area contributed by atoms with E-state index in [0.717, 1.165) is 32.8 Å². The first-order valence-corrected chi connectivity index (χ1v) is 5.80. The van der Waals surface area contributed by atoms with Crippen LogP contribution in [0.15, 0.2) is 0 Å². The lowest BCUT2D eigenvalue weighted by Crippen LogP contribution is -2.50. The molecule has 3 nitrogen and oxygen atoms in total. The fourth-order valence-corrected chi connectivity index (χ4v) is 1.83. The molecule has 84 valence electrons. The van der Waals surface area contributed by atoms with Crippen LogP contribution >= 0.6 is 0 Å². The average molecular weight is 200 g/mol. The maximum atomic E-state index is 5.48. The zero-order valence-corrected chi connectivity index (χ0v) is 9.57. The minimum absolute atomic E-state index is 0.214. The van der Waals surface area contributed by atoms with Crippen LogP contribution in [0.25, 0.3) is 0 Å². The first-order valence-electron chi connectivity index (χ1n) is 5.80. The van der Waals surface area contributed by atoms with Crippen LogP contribution in [0.5, 0.6) is 0 Å². The normalized spacial score (nSPS) is 27.9.